The van der Waals surface area contributed by atoms with Gasteiger partial charge in [0.1, 0.15) is 5.75 Å². The summed E-state index contributed by atoms with van der Waals surface area (Å²) < 4.78 is 5.08. The van der Waals surface area contributed by atoms with E-state index < -0.39 is 6.09 Å². The first kappa shape index (κ1) is 14.0. The molecule has 2 amide bonds. The highest BCUT2D eigenvalue weighted by molar-refractivity contribution is 5.90. The van der Waals surface area contributed by atoms with Gasteiger partial charge in [0.05, 0.1) is 0 Å². The zero-order valence-corrected chi connectivity index (χ0v) is 10.8. The highest BCUT2D eigenvalue weighted by atomic mass is 16.6. The number of hydrogen-bond donors (Lipinski definition) is 2. The predicted molar refractivity (Wildman–Crippen MR) is 69.7 cm³/mol. The van der Waals surface area contributed by atoms with E-state index in [1.165, 1.54) is 0 Å². The smallest absolute Gasteiger partial charge is 0.410 e. The van der Waals surface area contributed by atoms with E-state index in [0.29, 0.717) is 17.9 Å². The third-order valence-electron chi connectivity index (χ3n) is 2.06. The summed E-state index contributed by atoms with van der Waals surface area (Å²) in [6.45, 7) is 5.46. The summed E-state index contributed by atoms with van der Waals surface area (Å²) in [6.07, 6.45) is -0.109. The number of ether oxygens (including phenoxy) is 1. The van der Waals surface area contributed by atoms with Crippen molar-refractivity contribution < 1.29 is 14.3 Å². The summed E-state index contributed by atoms with van der Waals surface area (Å²) in [4.78, 5) is 22.6. The number of anilines is 1. The Morgan fingerprint density at radius 3 is 2.67 bits per heavy atom. The van der Waals surface area contributed by atoms with Crippen LogP contribution in [-0.4, -0.2) is 18.0 Å². The Morgan fingerprint density at radius 2 is 2.06 bits per heavy atom. The molecule has 98 valence electrons. The van der Waals surface area contributed by atoms with Crippen molar-refractivity contribution in [2.24, 2.45) is 0 Å². The molecule has 0 aliphatic carbocycles. The summed E-state index contributed by atoms with van der Waals surface area (Å²) in [6, 6.07) is 6.72. The average molecular weight is 250 g/mol. The van der Waals surface area contributed by atoms with Gasteiger partial charge in [0.2, 0.25) is 5.91 Å². The molecule has 2 N–H and O–H groups in total. The highest BCUT2D eigenvalue weighted by Crippen LogP contribution is 2.17. The van der Waals surface area contributed by atoms with Crippen molar-refractivity contribution in [2.45, 2.75) is 33.2 Å². The van der Waals surface area contributed by atoms with Gasteiger partial charge >= 0.3 is 6.09 Å². The first-order valence-corrected chi connectivity index (χ1v) is 5.89. The van der Waals surface area contributed by atoms with Crippen molar-refractivity contribution in [1.29, 1.82) is 0 Å². The van der Waals surface area contributed by atoms with Crippen LogP contribution in [0, 0.1) is 0 Å². The van der Waals surface area contributed by atoms with Gasteiger partial charge in [-0.2, -0.15) is 0 Å². The normalized spacial score (nSPS) is 10.0. The van der Waals surface area contributed by atoms with E-state index in [1.54, 1.807) is 31.2 Å². The summed E-state index contributed by atoms with van der Waals surface area (Å²) in [5.74, 6) is 0.306. The van der Waals surface area contributed by atoms with Crippen LogP contribution in [0.15, 0.2) is 24.3 Å². The maximum Gasteiger partial charge on any atom is 0.412 e. The molecule has 18 heavy (non-hydrogen) atoms. The lowest BCUT2D eigenvalue weighted by molar-refractivity contribution is -0.115. The highest BCUT2D eigenvalue weighted by Gasteiger charge is 2.06. The number of carbonyl (C=O) groups is 2. The van der Waals surface area contributed by atoms with Crippen LogP contribution in [0.2, 0.25) is 0 Å². The lowest BCUT2D eigenvalue weighted by Crippen LogP contribution is -2.32. The molecule has 0 atom stereocenters. The molecule has 0 aromatic heterocycles. The zero-order valence-electron chi connectivity index (χ0n) is 10.8. The molecule has 1 aromatic rings. The Balaban J connectivity index is 2.64. The second kappa shape index (κ2) is 6.64. The number of benzene rings is 1. The monoisotopic (exact) mass is 250 g/mol. The van der Waals surface area contributed by atoms with Crippen LogP contribution in [0.25, 0.3) is 0 Å². The second-order valence-electron chi connectivity index (χ2n) is 4.12. The maximum atomic E-state index is 11.4. The second-order valence-corrected chi connectivity index (χ2v) is 4.12. The van der Waals surface area contributed by atoms with E-state index in [-0.39, 0.29) is 11.9 Å². The van der Waals surface area contributed by atoms with Gasteiger partial charge in [0, 0.05) is 24.2 Å². The quantitative estimate of drug-likeness (QED) is 0.862. The van der Waals surface area contributed by atoms with E-state index in [9.17, 15) is 9.59 Å². The molecule has 0 unspecified atom stereocenters. The Morgan fingerprint density at radius 1 is 1.33 bits per heavy atom. The van der Waals surface area contributed by atoms with Crippen molar-refractivity contribution in [3.63, 3.8) is 0 Å². The van der Waals surface area contributed by atoms with E-state index in [2.05, 4.69) is 10.6 Å². The predicted octanol–water partition coefficient (Wildman–Crippen LogP) is 2.53. The lowest BCUT2D eigenvalue weighted by atomic mass is 10.3. The van der Waals surface area contributed by atoms with Gasteiger partial charge < -0.3 is 15.4 Å². The third-order valence-corrected chi connectivity index (χ3v) is 2.06. The van der Waals surface area contributed by atoms with Gasteiger partial charge in [-0.3, -0.25) is 4.79 Å². The van der Waals surface area contributed by atoms with Crippen molar-refractivity contribution in [1.82, 2.24) is 5.32 Å². The summed E-state index contributed by atoms with van der Waals surface area (Å²) in [5, 5.41) is 5.31. The van der Waals surface area contributed by atoms with Crippen LogP contribution in [0.5, 0.6) is 5.75 Å². The van der Waals surface area contributed by atoms with Gasteiger partial charge in [-0.1, -0.05) is 13.0 Å². The van der Waals surface area contributed by atoms with Gasteiger partial charge in [-0.15, -0.1) is 0 Å². The average Bonchev–Trinajstić information content (AvgIpc) is 2.28. The lowest BCUT2D eigenvalue weighted by Gasteiger charge is -2.10. The maximum absolute atomic E-state index is 11.4. The van der Waals surface area contributed by atoms with Crippen LogP contribution in [-0.2, 0) is 4.79 Å². The van der Waals surface area contributed by atoms with Gasteiger partial charge in [-0.05, 0) is 26.0 Å². The Bertz CT molecular complexity index is 430. The number of rotatable bonds is 4. The molecular weight excluding hydrogens is 232 g/mol. The van der Waals surface area contributed by atoms with Gasteiger partial charge in [-0.25, -0.2) is 4.79 Å². The summed E-state index contributed by atoms with van der Waals surface area (Å²) in [5.41, 5.74) is 0.608. The molecular formula is C13H18N2O3. The zero-order chi connectivity index (χ0) is 13.5. The number of amides is 2. The minimum Gasteiger partial charge on any atom is -0.410 e. The molecule has 1 aromatic carbocycles. The minimum absolute atomic E-state index is 0.0143. The first-order valence-electron chi connectivity index (χ1n) is 5.89. The number of carbonyl (C=O) groups excluding carboxylic acids is 2. The SMILES string of the molecule is CCC(=O)Nc1cccc(OC(=O)NC(C)C)c1. The summed E-state index contributed by atoms with van der Waals surface area (Å²) >= 11 is 0. The molecule has 1 rings (SSSR count). The molecule has 5 nitrogen and oxygen atoms in total. The molecule has 5 heteroatoms. The van der Waals surface area contributed by atoms with Crippen molar-refractivity contribution >= 4 is 17.7 Å². The minimum atomic E-state index is -0.510. The molecule has 0 spiro atoms. The molecule has 0 aliphatic heterocycles. The Hall–Kier alpha value is -2.04. The third kappa shape index (κ3) is 4.86. The van der Waals surface area contributed by atoms with Crippen molar-refractivity contribution in [3.05, 3.63) is 24.3 Å². The van der Waals surface area contributed by atoms with Gasteiger partial charge in [0.15, 0.2) is 0 Å². The Kier molecular flexibility index (Phi) is 5.17. The van der Waals surface area contributed by atoms with E-state index in [0.717, 1.165) is 0 Å². The van der Waals surface area contributed by atoms with Crippen LogP contribution in [0.1, 0.15) is 27.2 Å². The van der Waals surface area contributed by atoms with Crippen LogP contribution < -0.4 is 15.4 Å². The molecule has 0 radical (unpaired) electrons. The van der Waals surface area contributed by atoms with E-state index in [1.807, 2.05) is 13.8 Å². The largest absolute Gasteiger partial charge is 0.412 e. The fourth-order valence-electron chi connectivity index (χ4n) is 1.26. The van der Waals surface area contributed by atoms with Crippen LogP contribution in [0.4, 0.5) is 10.5 Å². The molecule has 0 bridgehead atoms. The van der Waals surface area contributed by atoms with Gasteiger partial charge in [0.25, 0.3) is 0 Å². The standard InChI is InChI=1S/C13H18N2O3/c1-4-12(16)15-10-6-5-7-11(8-10)18-13(17)14-9(2)3/h5-9H,4H2,1-3H3,(H,14,17)(H,15,16). The fraction of sp³-hybridized carbons (Fsp3) is 0.385. The number of nitrogens with one attached hydrogen (secondary N) is 2. The first-order chi connectivity index (χ1) is 8.51. The van der Waals surface area contributed by atoms with E-state index >= 15 is 0 Å². The molecule has 0 heterocycles. The van der Waals surface area contributed by atoms with Crippen LogP contribution in [0.3, 0.4) is 0 Å². The summed E-state index contributed by atoms with van der Waals surface area (Å²) in [7, 11) is 0. The molecule has 0 saturated heterocycles. The van der Waals surface area contributed by atoms with Crippen molar-refractivity contribution in [2.75, 3.05) is 5.32 Å². The fourth-order valence-corrected chi connectivity index (χ4v) is 1.26. The number of hydrogen-bond acceptors (Lipinski definition) is 3. The topological polar surface area (TPSA) is 67.4 Å². The van der Waals surface area contributed by atoms with E-state index in [4.69, 9.17) is 4.74 Å². The molecule has 0 fully saturated rings. The molecule has 0 aliphatic rings. The van der Waals surface area contributed by atoms with Crippen LogP contribution >= 0.6 is 0 Å². The van der Waals surface area contributed by atoms with Crippen molar-refractivity contribution in [3.8, 4) is 5.75 Å². The molecule has 0 saturated carbocycles. The Labute approximate surface area is 107 Å².